The number of anilines is 1. The Labute approximate surface area is 152 Å². The SMILES string of the molecule is Nc1cccc(CCN2CCN(C(=O)c3cccn4ccnc34)CC2)c1. The van der Waals surface area contributed by atoms with Crippen LogP contribution in [0, 0.1) is 0 Å². The number of rotatable bonds is 4. The maximum absolute atomic E-state index is 12.9. The van der Waals surface area contributed by atoms with E-state index in [4.69, 9.17) is 5.73 Å². The summed E-state index contributed by atoms with van der Waals surface area (Å²) in [7, 11) is 0. The van der Waals surface area contributed by atoms with Crippen LogP contribution >= 0.6 is 0 Å². The number of carbonyl (C=O) groups is 1. The molecule has 0 spiro atoms. The molecule has 1 fully saturated rings. The first-order chi connectivity index (χ1) is 12.7. The van der Waals surface area contributed by atoms with Crippen LogP contribution < -0.4 is 5.73 Å². The Morgan fingerprint density at radius 1 is 1.08 bits per heavy atom. The summed E-state index contributed by atoms with van der Waals surface area (Å²) in [6, 6.07) is 11.8. The van der Waals surface area contributed by atoms with Crippen molar-refractivity contribution in [3.8, 4) is 0 Å². The molecule has 6 heteroatoms. The zero-order valence-electron chi connectivity index (χ0n) is 14.7. The van der Waals surface area contributed by atoms with Gasteiger partial charge in [0.05, 0.1) is 5.56 Å². The predicted octanol–water partition coefficient (Wildman–Crippen LogP) is 1.92. The quantitative estimate of drug-likeness (QED) is 0.731. The van der Waals surface area contributed by atoms with Gasteiger partial charge in [0.1, 0.15) is 5.65 Å². The highest BCUT2D eigenvalue weighted by Gasteiger charge is 2.23. The minimum absolute atomic E-state index is 0.0669. The summed E-state index contributed by atoms with van der Waals surface area (Å²) in [5.74, 6) is 0.0669. The number of imidazole rings is 1. The molecule has 1 amide bonds. The van der Waals surface area contributed by atoms with Gasteiger partial charge in [-0.2, -0.15) is 0 Å². The van der Waals surface area contributed by atoms with E-state index < -0.39 is 0 Å². The Morgan fingerprint density at radius 2 is 1.92 bits per heavy atom. The van der Waals surface area contributed by atoms with Crippen molar-refractivity contribution < 1.29 is 4.79 Å². The van der Waals surface area contributed by atoms with Crippen LogP contribution in [0.3, 0.4) is 0 Å². The topological polar surface area (TPSA) is 66.9 Å². The minimum Gasteiger partial charge on any atom is -0.399 e. The number of nitrogen functional groups attached to an aromatic ring is 1. The molecule has 1 aliphatic heterocycles. The van der Waals surface area contributed by atoms with E-state index in [2.05, 4.69) is 16.0 Å². The second-order valence-electron chi connectivity index (χ2n) is 6.71. The number of nitrogens with two attached hydrogens (primary N) is 1. The van der Waals surface area contributed by atoms with Gasteiger partial charge in [-0.05, 0) is 36.2 Å². The molecule has 3 heterocycles. The molecule has 3 aromatic rings. The summed E-state index contributed by atoms with van der Waals surface area (Å²) in [5.41, 5.74) is 9.31. The van der Waals surface area contributed by atoms with Crippen molar-refractivity contribution >= 4 is 17.2 Å². The molecule has 0 saturated carbocycles. The van der Waals surface area contributed by atoms with Crippen LogP contribution in [0.5, 0.6) is 0 Å². The fourth-order valence-electron chi connectivity index (χ4n) is 3.50. The van der Waals surface area contributed by atoms with Crippen molar-refractivity contribution in [3.05, 3.63) is 66.1 Å². The third-order valence-electron chi connectivity index (χ3n) is 4.98. The van der Waals surface area contributed by atoms with Crippen LogP contribution in [-0.2, 0) is 6.42 Å². The first-order valence-electron chi connectivity index (χ1n) is 8.98. The van der Waals surface area contributed by atoms with Crippen LogP contribution in [0.1, 0.15) is 15.9 Å². The highest BCUT2D eigenvalue weighted by Crippen LogP contribution is 2.14. The Kier molecular flexibility index (Phi) is 4.58. The van der Waals surface area contributed by atoms with Gasteiger partial charge in [-0.1, -0.05) is 12.1 Å². The van der Waals surface area contributed by atoms with E-state index in [1.807, 2.05) is 52.0 Å². The summed E-state index contributed by atoms with van der Waals surface area (Å²) in [6.45, 7) is 4.27. The van der Waals surface area contributed by atoms with Gasteiger partial charge >= 0.3 is 0 Å². The van der Waals surface area contributed by atoms with Crippen molar-refractivity contribution in [2.45, 2.75) is 6.42 Å². The number of hydrogen-bond acceptors (Lipinski definition) is 4. The summed E-state index contributed by atoms with van der Waals surface area (Å²) in [4.78, 5) is 21.5. The van der Waals surface area contributed by atoms with Crippen LogP contribution in [-0.4, -0.2) is 57.8 Å². The number of piperazine rings is 1. The molecule has 1 aromatic carbocycles. The number of hydrogen-bond donors (Lipinski definition) is 1. The maximum Gasteiger partial charge on any atom is 0.257 e. The third kappa shape index (κ3) is 3.41. The number of amides is 1. The molecule has 0 atom stereocenters. The molecule has 0 radical (unpaired) electrons. The van der Waals surface area contributed by atoms with Gasteiger partial charge in [0, 0.05) is 57.0 Å². The van der Waals surface area contributed by atoms with Gasteiger partial charge in [0.25, 0.3) is 5.91 Å². The predicted molar refractivity (Wildman–Crippen MR) is 102 cm³/mol. The Hall–Kier alpha value is -2.86. The molecule has 0 aliphatic carbocycles. The lowest BCUT2D eigenvalue weighted by atomic mass is 10.1. The van der Waals surface area contributed by atoms with E-state index in [0.717, 1.165) is 50.5 Å². The van der Waals surface area contributed by atoms with Crippen LogP contribution in [0.4, 0.5) is 5.69 Å². The van der Waals surface area contributed by atoms with Crippen LogP contribution in [0.25, 0.3) is 5.65 Å². The normalized spacial score (nSPS) is 15.5. The highest BCUT2D eigenvalue weighted by atomic mass is 16.2. The molecular formula is C20H23N5O. The number of nitrogens with zero attached hydrogens (tertiary/aromatic N) is 4. The van der Waals surface area contributed by atoms with E-state index in [1.165, 1.54) is 5.56 Å². The number of pyridine rings is 1. The largest absolute Gasteiger partial charge is 0.399 e. The standard InChI is InChI=1S/C20H23N5O/c21-17-4-1-3-16(15-17)6-9-23-11-13-25(14-12-23)20(26)18-5-2-8-24-10-7-22-19(18)24/h1-5,7-8,10,15H,6,9,11-14,21H2. The Bertz CT molecular complexity index is 911. The molecule has 26 heavy (non-hydrogen) atoms. The Balaban J connectivity index is 1.34. The monoisotopic (exact) mass is 349 g/mol. The first kappa shape index (κ1) is 16.6. The van der Waals surface area contributed by atoms with E-state index in [9.17, 15) is 4.79 Å². The van der Waals surface area contributed by atoms with Gasteiger partial charge in [-0.3, -0.25) is 9.69 Å². The molecule has 0 bridgehead atoms. The average molecular weight is 349 g/mol. The molecule has 134 valence electrons. The Morgan fingerprint density at radius 3 is 2.73 bits per heavy atom. The fraction of sp³-hybridized carbons (Fsp3) is 0.300. The number of benzene rings is 1. The van der Waals surface area contributed by atoms with E-state index in [-0.39, 0.29) is 5.91 Å². The van der Waals surface area contributed by atoms with Crippen LogP contribution in [0.2, 0.25) is 0 Å². The zero-order valence-corrected chi connectivity index (χ0v) is 14.7. The number of aromatic nitrogens is 2. The molecule has 4 rings (SSSR count). The molecule has 6 nitrogen and oxygen atoms in total. The maximum atomic E-state index is 12.9. The molecule has 2 N–H and O–H groups in total. The van der Waals surface area contributed by atoms with Crippen molar-refractivity contribution in [1.82, 2.24) is 19.2 Å². The summed E-state index contributed by atoms with van der Waals surface area (Å²) in [6.07, 6.45) is 6.47. The average Bonchev–Trinajstić information content (AvgIpc) is 3.15. The van der Waals surface area contributed by atoms with Gasteiger partial charge < -0.3 is 15.0 Å². The van der Waals surface area contributed by atoms with E-state index >= 15 is 0 Å². The van der Waals surface area contributed by atoms with Gasteiger partial charge in [0.2, 0.25) is 0 Å². The highest BCUT2D eigenvalue weighted by molar-refractivity contribution is 5.99. The lowest BCUT2D eigenvalue weighted by Crippen LogP contribution is -2.49. The van der Waals surface area contributed by atoms with Gasteiger partial charge in [-0.15, -0.1) is 0 Å². The third-order valence-corrected chi connectivity index (χ3v) is 4.98. The lowest BCUT2D eigenvalue weighted by molar-refractivity contribution is 0.0640. The second-order valence-corrected chi connectivity index (χ2v) is 6.71. The molecule has 1 aliphatic rings. The summed E-state index contributed by atoms with van der Waals surface area (Å²) in [5, 5.41) is 0. The van der Waals surface area contributed by atoms with Crippen molar-refractivity contribution in [2.75, 3.05) is 38.5 Å². The molecule has 0 unspecified atom stereocenters. The smallest absolute Gasteiger partial charge is 0.257 e. The summed E-state index contributed by atoms with van der Waals surface area (Å²) >= 11 is 0. The van der Waals surface area contributed by atoms with Crippen molar-refractivity contribution in [2.24, 2.45) is 0 Å². The molecular weight excluding hydrogens is 326 g/mol. The number of fused-ring (bicyclic) bond motifs is 1. The first-order valence-corrected chi connectivity index (χ1v) is 8.98. The van der Waals surface area contributed by atoms with E-state index in [1.54, 1.807) is 6.20 Å². The zero-order chi connectivity index (χ0) is 17.9. The minimum atomic E-state index is 0.0669. The van der Waals surface area contributed by atoms with Crippen molar-refractivity contribution in [3.63, 3.8) is 0 Å². The fourth-order valence-corrected chi connectivity index (χ4v) is 3.50. The van der Waals surface area contributed by atoms with Crippen molar-refractivity contribution in [1.29, 1.82) is 0 Å². The van der Waals surface area contributed by atoms with Gasteiger partial charge in [0.15, 0.2) is 0 Å². The second kappa shape index (κ2) is 7.17. The number of carbonyl (C=O) groups excluding carboxylic acids is 1. The van der Waals surface area contributed by atoms with E-state index in [0.29, 0.717) is 5.56 Å². The van der Waals surface area contributed by atoms with Crippen LogP contribution in [0.15, 0.2) is 55.0 Å². The lowest BCUT2D eigenvalue weighted by Gasteiger charge is -2.34. The van der Waals surface area contributed by atoms with Gasteiger partial charge in [-0.25, -0.2) is 4.98 Å². The molecule has 2 aromatic heterocycles. The summed E-state index contributed by atoms with van der Waals surface area (Å²) < 4.78 is 1.88. The molecule has 1 saturated heterocycles.